The SMILES string of the molecule is O=C(O)CNC(=O)c1c(F)cc(N2CC3CCC2CO3)cc1F. The average Bonchev–Trinajstić information content (AvgIpc) is 2.53. The molecular formula is C15H16F2N2O4. The Morgan fingerprint density at radius 3 is 2.48 bits per heavy atom. The number of ether oxygens (including phenoxy) is 1. The largest absolute Gasteiger partial charge is 0.480 e. The highest BCUT2D eigenvalue weighted by Gasteiger charge is 2.35. The Morgan fingerprint density at radius 1 is 1.30 bits per heavy atom. The predicted octanol–water partition coefficient (Wildman–Crippen LogP) is 1.15. The molecule has 0 aromatic heterocycles. The molecule has 3 saturated heterocycles. The molecule has 1 aromatic carbocycles. The van der Waals surface area contributed by atoms with Gasteiger partial charge in [-0.15, -0.1) is 0 Å². The van der Waals surface area contributed by atoms with Crippen LogP contribution in [0.4, 0.5) is 14.5 Å². The van der Waals surface area contributed by atoms with Gasteiger partial charge in [0.2, 0.25) is 0 Å². The van der Waals surface area contributed by atoms with Crippen molar-refractivity contribution < 1.29 is 28.2 Å². The molecule has 4 rings (SSSR count). The van der Waals surface area contributed by atoms with Crippen LogP contribution in [-0.2, 0) is 9.53 Å². The Kier molecular flexibility index (Phi) is 4.16. The number of morpholine rings is 1. The zero-order valence-corrected chi connectivity index (χ0v) is 12.2. The molecule has 3 heterocycles. The van der Waals surface area contributed by atoms with Crippen LogP contribution in [0.2, 0.25) is 0 Å². The first-order valence-corrected chi connectivity index (χ1v) is 7.33. The summed E-state index contributed by atoms with van der Waals surface area (Å²) in [5, 5.41) is 10.5. The molecule has 1 amide bonds. The quantitative estimate of drug-likeness (QED) is 0.868. The Hall–Kier alpha value is -2.22. The van der Waals surface area contributed by atoms with Crippen LogP contribution >= 0.6 is 0 Å². The number of halogens is 2. The van der Waals surface area contributed by atoms with E-state index in [9.17, 15) is 18.4 Å². The van der Waals surface area contributed by atoms with Crippen molar-refractivity contribution >= 4 is 17.6 Å². The Balaban J connectivity index is 1.83. The fourth-order valence-corrected chi connectivity index (χ4v) is 3.05. The van der Waals surface area contributed by atoms with Crippen molar-refractivity contribution in [2.45, 2.75) is 25.0 Å². The number of aliphatic carboxylic acids is 1. The van der Waals surface area contributed by atoms with Gasteiger partial charge in [-0.25, -0.2) is 8.78 Å². The number of fused-ring (bicyclic) bond motifs is 3. The number of carboxylic acids is 1. The number of carbonyl (C=O) groups excluding carboxylic acids is 1. The third-order valence-electron chi connectivity index (χ3n) is 4.17. The summed E-state index contributed by atoms with van der Waals surface area (Å²) >= 11 is 0. The number of hydrogen-bond acceptors (Lipinski definition) is 4. The fraction of sp³-hybridized carbons (Fsp3) is 0.467. The van der Waals surface area contributed by atoms with Gasteiger partial charge in [-0.05, 0) is 25.0 Å². The summed E-state index contributed by atoms with van der Waals surface area (Å²) in [7, 11) is 0. The average molecular weight is 326 g/mol. The molecule has 124 valence electrons. The maximum atomic E-state index is 14.2. The lowest BCUT2D eigenvalue weighted by Crippen LogP contribution is -2.54. The van der Waals surface area contributed by atoms with E-state index in [0.717, 1.165) is 25.0 Å². The first-order chi connectivity index (χ1) is 11.0. The zero-order chi connectivity index (χ0) is 16.6. The van der Waals surface area contributed by atoms with Crippen molar-refractivity contribution in [1.82, 2.24) is 5.32 Å². The first kappa shape index (κ1) is 15.7. The number of carbonyl (C=O) groups is 2. The minimum absolute atomic E-state index is 0.0599. The molecule has 2 atom stereocenters. The summed E-state index contributed by atoms with van der Waals surface area (Å²) in [5.74, 6) is -4.40. The molecule has 2 unspecified atom stereocenters. The minimum Gasteiger partial charge on any atom is -0.480 e. The van der Waals surface area contributed by atoms with Crippen LogP contribution < -0.4 is 10.2 Å². The van der Waals surface area contributed by atoms with E-state index in [0.29, 0.717) is 18.8 Å². The lowest BCUT2D eigenvalue weighted by atomic mass is 9.96. The van der Waals surface area contributed by atoms with Gasteiger partial charge < -0.3 is 20.1 Å². The van der Waals surface area contributed by atoms with Crippen LogP contribution in [0.5, 0.6) is 0 Å². The predicted molar refractivity (Wildman–Crippen MR) is 76.4 cm³/mol. The Bertz CT molecular complexity index is 621. The van der Waals surface area contributed by atoms with Gasteiger partial charge in [-0.1, -0.05) is 0 Å². The molecule has 2 bridgehead atoms. The summed E-state index contributed by atoms with van der Waals surface area (Å²) in [6, 6.07) is 2.30. The van der Waals surface area contributed by atoms with Gasteiger partial charge in [0, 0.05) is 12.2 Å². The normalized spacial score (nSPS) is 23.0. The number of nitrogens with one attached hydrogen (secondary N) is 1. The molecule has 6 nitrogen and oxygen atoms in total. The molecule has 8 heteroatoms. The van der Waals surface area contributed by atoms with Gasteiger partial charge in [0.25, 0.3) is 5.91 Å². The van der Waals surface area contributed by atoms with E-state index in [2.05, 4.69) is 0 Å². The lowest BCUT2D eigenvalue weighted by molar-refractivity contribution is -0.135. The summed E-state index contributed by atoms with van der Waals surface area (Å²) in [6.07, 6.45) is 1.89. The van der Waals surface area contributed by atoms with Gasteiger partial charge in [0.15, 0.2) is 0 Å². The zero-order valence-electron chi connectivity index (χ0n) is 12.2. The van der Waals surface area contributed by atoms with Crippen molar-refractivity contribution in [2.75, 3.05) is 24.6 Å². The Morgan fingerprint density at radius 2 is 2.00 bits per heavy atom. The van der Waals surface area contributed by atoms with E-state index in [1.807, 2.05) is 10.2 Å². The number of benzene rings is 1. The van der Waals surface area contributed by atoms with E-state index in [1.54, 1.807) is 0 Å². The highest BCUT2D eigenvalue weighted by atomic mass is 19.1. The van der Waals surface area contributed by atoms with Gasteiger partial charge >= 0.3 is 5.97 Å². The smallest absolute Gasteiger partial charge is 0.322 e. The maximum absolute atomic E-state index is 14.2. The van der Waals surface area contributed by atoms with Gasteiger partial charge in [-0.2, -0.15) is 0 Å². The topological polar surface area (TPSA) is 78.9 Å². The number of anilines is 1. The Labute approximate surface area is 131 Å². The summed E-state index contributed by atoms with van der Waals surface area (Å²) in [4.78, 5) is 24.0. The highest BCUT2D eigenvalue weighted by molar-refractivity contribution is 5.96. The van der Waals surface area contributed by atoms with Crippen molar-refractivity contribution in [3.63, 3.8) is 0 Å². The van der Waals surface area contributed by atoms with E-state index >= 15 is 0 Å². The monoisotopic (exact) mass is 326 g/mol. The molecule has 3 aliphatic rings. The molecule has 1 aromatic rings. The number of hydrogen-bond donors (Lipinski definition) is 2. The third-order valence-corrected chi connectivity index (χ3v) is 4.17. The molecule has 0 saturated carbocycles. The van der Waals surface area contributed by atoms with Crippen LogP contribution in [0.3, 0.4) is 0 Å². The van der Waals surface area contributed by atoms with E-state index in [1.165, 1.54) is 0 Å². The van der Waals surface area contributed by atoms with Crippen LogP contribution in [0.15, 0.2) is 12.1 Å². The molecule has 3 aliphatic heterocycles. The third kappa shape index (κ3) is 3.12. The minimum atomic E-state index is -1.29. The second-order valence-corrected chi connectivity index (χ2v) is 5.70. The maximum Gasteiger partial charge on any atom is 0.322 e. The number of rotatable bonds is 4. The molecular weight excluding hydrogens is 310 g/mol. The summed E-state index contributed by atoms with van der Waals surface area (Å²) < 4.78 is 33.9. The molecule has 0 radical (unpaired) electrons. The van der Waals surface area contributed by atoms with Crippen molar-refractivity contribution in [1.29, 1.82) is 0 Å². The van der Waals surface area contributed by atoms with Crippen LogP contribution in [0.1, 0.15) is 23.2 Å². The molecule has 23 heavy (non-hydrogen) atoms. The van der Waals surface area contributed by atoms with Crippen molar-refractivity contribution in [3.05, 3.63) is 29.3 Å². The second kappa shape index (κ2) is 6.11. The van der Waals surface area contributed by atoms with E-state index in [-0.39, 0.29) is 12.1 Å². The van der Waals surface area contributed by atoms with Crippen molar-refractivity contribution in [3.8, 4) is 0 Å². The van der Waals surface area contributed by atoms with Crippen LogP contribution in [0.25, 0.3) is 0 Å². The fourth-order valence-electron chi connectivity index (χ4n) is 3.05. The van der Waals surface area contributed by atoms with E-state index in [4.69, 9.17) is 9.84 Å². The molecule has 0 spiro atoms. The summed E-state index contributed by atoms with van der Waals surface area (Å²) in [5.41, 5.74) is -0.402. The molecule has 0 aliphatic carbocycles. The van der Waals surface area contributed by atoms with Crippen LogP contribution in [-0.4, -0.2) is 48.8 Å². The first-order valence-electron chi connectivity index (χ1n) is 7.33. The molecule has 2 N–H and O–H groups in total. The van der Waals surface area contributed by atoms with Gasteiger partial charge in [0.1, 0.15) is 23.7 Å². The van der Waals surface area contributed by atoms with Gasteiger partial charge in [0.05, 0.1) is 18.8 Å². The highest BCUT2D eigenvalue weighted by Crippen LogP contribution is 2.32. The van der Waals surface area contributed by atoms with E-state index < -0.39 is 35.6 Å². The van der Waals surface area contributed by atoms with Gasteiger partial charge in [-0.3, -0.25) is 9.59 Å². The standard InChI is InChI=1S/C15H16F2N2O4/c16-11-3-9(19-6-10-2-1-8(19)7-23-10)4-12(17)14(11)15(22)18-5-13(20)21/h3-4,8,10H,1-2,5-7H2,(H,18,22)(H,20,21). The molecule has 3 fully saturated rings. The number of nitrogens with zero attached hydrogens (tertiary/aromatic N) is 1. The number of carboxylic acid groups (broad SMARTS) is 1. The second-order valence-electron chi connectivity index (χ2n) is 5.70. The summed E-state index contributed by atoms with van der Waals surface area (Å²) in [6.45, 7) is 0.384. The lowest BCUT2D eigenvalue weighted by Gasteiger charge is -2.46. The number of piperidine rings is 1. The number of amides is 1. The van der Waals surface area contributed by atoms with Crippen LogP contribution in [0, 0.1) is 11.6 Å². The van der Waals surface area contributed by atoms with Crippen molar-refractivity contribution in [2.24, 2.45) is 0 Å².